The molecular weight excluding hydrogens is 680 g/mol. The third-order valence-corrected chi connectivity index (χ3v) is 13.9. The molecule has 10 nitrogen and oxygen atoms in total. The molecule has 0 aliphatic carbocycles. The minimum Gasteiger partial charge on any atom is -0.461 e. The van der Waals surface area contributed by atoms with E-state index in [9.17, 15) is 4.79 Å². The zero-order chi connectivity index (χ0) is 36.0. The molecule has 1 N–H and O–H groups in total. The smallest absolute Gasteiger partial charge is 0.269 e. The number of carbonyl (C=O) groups excluding carboxylic acids is 1. The van der Waals surface area contributed by atoms with Gasteiger partial charge in [0.05, 0.1) is 36.7 Å². The van der Waals surface area contributed by atoms with Crippen LogP contribution in [0.25, 0.3) is 16.7 Å². The maximum Gasteiger partial charge on any atom is 0.269 e. The Hall–Kier alpha value is -4.94. The van der Waals surface area contributed by atoms with Crippen LogP contribution in [0.15, 0.2) is 110 Å². The zero-order valence-corrected chi connectivity index (χ0v) is 31.1. The van der Waals surface area contributed by atoms with Crippen molar-refractivity contribution in [2.24, 2.45) is 0 Å². The van der Waals surface area contributed by atoms with Crippen LogP contribution >= 0.6 is 11.6 Å². The third-order valence-electron chi connectivity index (χ3n) is 8.68. The molecule has 51 heavy (non-hydrogen) atoms. The Morgan fingerprint density at radius 2 is 1.59 bits per heavy atom. The van der Waals surface area contributed by atoms with Gasteiger partial charge in [-0.05, 0) is 58.6 Å². The zero-order valence-electron chi connectivity index (χ0n) is 29.3. The molecule has 262 valence electrons. The molecule has 0 unspecified atom stereocenters. The van der Waals surface area contributed by atoms with E-state index in [-0.39, 0.29) is 24.1 Å². The van der Waals surface area contributed by atoms with Crippen LogP contribution in [0.2, 0.25) is 10.1 Å². The molecule has 3 heterocycles. The second-order valence-electron chi connectivity index (χ2n) is 13.3. The molecule has 0 saturated carbocycles. The van der Waals surface area contributed by atoms with Gasteiger partial charge >= 0.3 is 0 Å². The summed E-state index contributed by atoms with van der Waals surface area (Å²) in [4.78, 5) is 26.8. The molecular formula is C39H41ClN6O4Si. The first-order valence-corrected chi connectivity index (χ1v) is 19.0. The first kappa shape index (κ1) is 35.9. The molecule has 12 heteroatoms. The van der Waals surface area contributed by atoms with Gasteiger partial charge in [-0.1, -0.05) is 105 Å². The number of rotatable bonds is 13. The SMILES string of the molecule is Cc1ccc(C)c(-n2ncc3c(O[C@@H](COCCO[Si](c4ccccc4)(c4ccccc4)C(C)(C)C)C(=O)Nc4ccc(Cl)cn4)ncnc32)c1. The summed E-state index contributed by atoms with van der Waals surface area (Å²) in [5.41, 5.74) is 3.57. The summed E-state index contributed by atoms with van der Waals surface area (Å²) in [6.45, 7) is 11.2. The van der Waals surface area contributed by atoms with Crippen molar-refractivity contribution in [2.45, 2.75) is 45.8 Å². The van der Waals surface area contributed by atoms with Gasteiger partial charge in [0.1, 0.15) is 17.5 Å². The highest BCUT2D eigenvalue weighted by molar-refractivity contribution is 6.99. The first-order chi connectivity index (χ1) is 24.6. The lowest BCUT2D eigenvalue weighted by Crippen LogP contribution is -2.66. The van der Waals surface area contributed by atoms with Crippen molar-refractivity contribution < 1.29 is 18.7 Å². The van der Waals surface area contributed by atoms with E-state index < -0.39 is 20.3 Å². The molecule has 6 rings (SSSR count). The quantitative estimate of drug-likeness (QED) is 0.107. The van der Waals surface area contributed by atoms with Crippen molar-refractivity contribution in [1.82, 2.24) is 24.7 Å². The fourth-order valence-corrected chi connectivity index (χ4v) is 10.9. The van der Waals surface area contributed by atoms with Crippen molar-refractivity contribution in [3.63, 3.8) is 0 Å². The summed E-state index contributed by atoms with van der Waals surface area (Å²) in [7, 11) is -2.76. The molecule has 1 amide bonds. The second kappa shape index (κ2) is 15.5. The van der Waals surface area contributed by atoms with Crippen LogP contribution in [0.1, 0.15) is 31.9 Å². The fourth-order valence-electron chi connectivity index (χ4n) is 6.20. The number of nitrogens with zero attached hydrogens (tertiary/aromatic N) is 5. The predicted molar refractivity (Wildman–Crippen MR) is 203 cm³/mol. The highest BCUT2D eigenvalue weighted by atomic mass is 35.5. The van der Waals surface area contributed by atoms with Gasteiger partial charge in [0.2, 0.25) is 12.0 Å². The Labute approximate surface area is 303 Å². The van der Waals surface area contributed by atoms with Crippen LogP contribution in [0.5, 0.6) is 5.88 Å². The number of hydrogen-bond donors (Lipinski definition) is 1. The maximum atomic E-state index is 13.7. The number of fused-ring (bicyclic) bond motifs is 1. The average molecular weight is 721 g/mol. The number of amides is 1. The monoisotopic (exact) mass is 720 g/mol. The summed E-state index contributed by atoms with van der Waals surface area (Å²) in [5, 5.41) is 10.6. The van der Waals surface area contributed by atoms with Crippen LogP contribution < -0.4 is 20.4 Å². The summed E-state index contributed by atoms with van der Waals surface area (Å²) < 4.78 is 21.2. The number of hydrogen-bond acceptors (Lipinski definition) is 8. The van der Waals surface area contributed by atoms with Crippen molar-refractivity contribution in [3.05, 3.63) is 126 Å². The van der Waals surface area contributed by atoms with E-state index in [1.807, 2.05) is 44.2 Å². The summed E-state index contributed by atoms with van der Waals surface area (Å²) >= 11 is 6.02. The van der Waals surface area contributed by atoms with Crippen LogP contribution in [-0.2, 0) is 14.0 Å². The Kier molecular flexibility index (Phi) is 10.9. The summed E-state index contributed by atoms with van der Waals surface area (Å²) in [6.07, 6.45) is 3.40. The molecule has 3 aromatic carbocycles. The van der Waals surface area contributed by atoms with Gasteiger partial charge in [-0.2, -0.15) is 5.10 Å². The first-order valence-electron chi connectivity index (χ1n) is 16.7. The van der Waals surface area contributed by atoms with Crippen LogP contribution in [0.4, 0.5) is 5.82 Å². The maximum absolute atomic E-state index is 13.7. The topological polar surface area (TPSA) is 113 Å². The lowest BCUT2D eigenvalue weighted by Gasteiger charge is -2.43. The number of aromatic nitrogens is 5. The number of carbonyl (C=O) groups is 1. The van der Waals surface area contributed by atoms with Crippen molar-refractivity contribution >= 4 is 53.1 Å². The van der Waals surface area contributed by atoms with Gasteiger partial charge in [-0.25, -0.2) is 19.6 Å². The van der Waals surface area contributed by atoms with E-state index in [1.54, 1.807) is 23.0 Å². The highest BCUT2D eigenvalue weighted by Crippen LogP contribution is 2.36. The van der Waals surface area contributed by atoms with Gasteiger partial charge in [-0.3, -0.25) is 4.79 Å². The van der Waals surface area contributed by atoms with Gasteiger partial charge in [0.15, 0.2) is 5.65 Å². The summed E-state index contributed by atoms with van der Waals surface area (Å²) in [5.74, 6) is 0.0583. The van der Waals surface area contributed by atoms with Crippen molar-refractivity contribution in [2.75, 3.05) is 25.1 Å². The Bertz CT molecular complexity index is 2050. The minimum atomic E-state index is -2.76. The number of benzene rings is 3. The lowest BCUT2D eigenvalue weighted by molar-refractivity contribution is -0.125. The average Bonchev–Trinajstić information content (AvgIpc) is 3.56. The Morgan fingerprint density at radius 3 is 2.24 bits per heavy atom. The molecule has 0 bridgehead atoms. The third kappa shape index (κ3) is 7.86. The van der Waals surface area contributed by atoms with E-state index in [2.05, 4.69) is 94.7 Å². The Morgan fingerprint density at radius 1 is 0.882 bits per heavy atom. The highest BCUT2D eigenvalue weighted by Gasteiger charge is 2.50. The van der Waals surface area contributed by atoms with Crippen LogP contribution in [0, 0.1) is 13.8 Å². The predicted octanol–water partition coefficient (Wildman–Crippen LogP) is 6.46. The molecule has 6 aromatic rings. The van der Waals surface area contributed by atoms with E-state index in [1.165, 1.54) is 22.9 Å². The summed E-state index contributed by atoms with van der Waals surface area (Å²) in [6, 6.07) is 30.2. The standard InChI is InChI=1S/C39H41ClN6O4Si/c1-27-16-17-28(2)33(22-27)46-36-32(24-44-46)38(43-26-42-36)50-34(37(47)45-35-19-18-29(40)23-41-35)25-48-20-21-49-51(39(3,4)5,30-12-8-6-9-13-30)31-14-10-7-11-15-31/h6-19,22-24,26,34H,20-21,25H2,1-5H3,(H,41,45,47)/t34-/m0/s1. The van der Waals surface area contributed by atoms with Crippen molar-refractivity contribution in [1.29, 1.82) is 0 Å². The van der Waals surface area contributed by atoms with E-state index in [0.29, 0.717) is 28.5 Å². The molecule has 0 aliphatic rings. The van der Waals surface area contributed by atoms with Gasteiger partial charge in [-0.15, -0.1) is 0 Å². The van der Waals surface area contributed by atoms with Gasteiger partial charge in [0, 0.05) is 6.20 Å². The number of pyridine rings is 1. The molecule has 1 atom stereocenters. The fraction of sp³-hybridized carbons (Fsp3) is 0.256. The molecule has 0 aliphatic heterocycles. The van der Waals surface area contributed by atoms with Crippen LogP contribution in [-0.4, -0.2) is 64.9 Å². The van der Waals surface area contributed by atoms with Crippen LogP contribution in [0.3, 0.4) is 0 Å². The normalized spacial score (nSPS) is 12.5. The molecule has 0 saturated heterocycles. The number of anilines is 1. The number of nitrogens with one attached hydrogen (secondary N) is 1. The largest absolute Gasteiger partial charge is 0.461 e. The number of ether oxygens (including phenoxy) is 2. The molecule has 3 aromatic heterocycles. The molecule has 0 fully saturated rings. The van der Waals surface area contributed by atoms with Gasteiger partial charge < -0.3 is 19.2 Å². The molecule has 0 radical (unpaired) electrons. The molecule has 0 spiro atoms. The van der Waals surface area contributed by atoms with E-state index in [4.69, 9.17) is 25.5 Å². The Balaban J connectivity index is 1.23. The lowest BCUT2D eigenvalue weighted by atomic mass is 10.1. The second-order valence-corrected chi connectivity index (χ2v) is 18.0. The minimum absolute atomic E-state index is 0.0832. The van der Waals surface area contributed by atoms with Gasteiger partial charge in [0.25, 0.3) is 14.2 Å². The number of halogens is 1. The number of aryl methyl sites for hydroxylation is 2. The van der Waals surface area contributed by atoms with E-state index in [0.717, 1.165) is 16.8 Å². The van der Waals surface area contributed by atoms with Crippen molar-refractivity contribution in [3.8, 4) is 11.6 Å². The van der Waals surface area contributed by atoms with E-state index >= 15 is 0 Å².